The predicted molar refractivity (Wildman–Crippen MR) is 49.1 cm³/mol. The largest absolute Gasteiger partial charge is 0.336 e. The maximum absolute atomic E-state index is 4.30. The zero-order chi connectivity index (χ0) is 8.72. The van der Waals surface area contributed by atoms with Gasteiger partial charge in [0.15, 0.2) is 0 Å². The van der Waals surface area contributed by atoms with Gasteiger partial charge in [-0.2, -0.15) is 0 Å². The van der Waals surface area contributed by atoms with Gasteiger partial charge in [-0.15, -0.1) is 0 Å². The number of nitrogens with zero attached hydrogens (tertiary/aromatic N) is 3. The maximum Gasteiger partial charge on any atom is 0.140 e. The molecule has 0 saturated carbocycles. The highest BCUT2D eigenvalue weighted by atomic mass is 15.2. The third-order valence-electron chi connectivity index (χ3n) is 2.14. The second-order valence-electron chi connectivity index (χ2n) is 3.38. The zero-order valence-corrected chi connectivity index (χ0v) is 7.65. The Hall–Kier alpha value is -1.25. The van der Waals surface area contributed by atoms with Gasteiger partial charge in [-0.05, 0) is 19.9 Å². The highest BCUT2D eigenvalue weighted by Crippen LogP contribution is 2.16. The van der Waals surface area contributed by atoms with Gasteiger partial charge in [0.25, 0.3) is 0 Å². The lowest BCUT2D eigenvalue weighted by Gasteiger charge is -2.07. The second kappa shape index (κ2) is 2.37. The Balaban J connectivity index is 2.75. The fourth-order valence-corrected chi connectivity index (χ4v) is 1.48. The topological polar surface area (TPSA) is 22.8 Å². The van der Waals surface area contributed by atoms with Gasteiger partial charge in [-0.25, -0.2) is 4.98 Å². The summed E-state index contributed by atoms with van der Waals surface area (Å²) in [7, 11) is 2.04. The Morgan fingerprint density at radius 1 is 1.42 bits per heavy atom. The molecule has 0 aliphatic heterocycles. The first-order valence-electron chi connectivity index (χ1n) is 4.18. The van der Waals surface area contributed by atoms with Crippen molar-refractivity contribution < 1.29 is 0 Å². The molecule has 0 saturated heterocycles. The summed E-state index contributed by atoms with van der Waals surface area (Å²) in [4.78, 5) is 4.30. The molecule has 0 radical (unpaired) electrons. The third kappa shape index (κ3) is 0.858. The number of aryl methyl sites for hydroxylation is 1. The average molecular weight is 163 g/mol. The quantitative estimate of drug-likeness (QED) is 0.630. The number of fused-ring (bicyclic) bond motifs is 1. The van der Waals surface area contributed by atoms with E-state index < -0.39 is 0 Å². The van der Waals surface area contributed by atoms with Gasteiger partial charge in [-0.3, -0.25) is 0 Å². The molecule has 0 aromatic carbocycles. The normalized spacial score (nSPS) is 11.7. The van der Waals surface area contributed by atoms with Gasteiger partial charge in [-0.1, -0.05) is 0 Å². The van der Waals surface area contributed by atoms with Gasteiger partial charge < -0.3 is 9.13 Å². The van der Waals surface area contributed by atoms with Crippen molar-refractivity contribution >= 4 is 11.2 Å². The Kier molecular flexibility index (Phi) is 1.46. The maximum atomic E-state index is 4.30. The second-order valence-corrected chi connectivity index (χ2v) is 3.38. The molecule has 2 heterocycles. The fraction of sp³-hybridized carbons (Fsp3) is 0.444. The van der Waals surface area contributed by atoms with Crippen molar-refractivity contribution in [3.63, 3.8) is 0 Å². The van der Waals surface area contributed by atoms with E-state index in [2.05, 4.69) is 28.0 Å². The summed E-state index contributed by atoms with van der Waals surface area (Å²) in [6.07, 6.45) is 3.94. The van der Waals surface area contributed by atoms with Crippen molar-refractivity contribution in [3.05, 3.63) is 18.6 Å². The van der Waals surface area contributed by atoms with Crippen LogP contribution >= 0.6 is 0 Å². The standard InChI is InChI=1S/C9H13N3/c1-7(2)12-6-10-8-4-5-11(3)9(8)12/h4-7H,1-3H3. The first-order chi connectivity index (χ1) is 5.70. The molecule has 2 aromatic rings. The van der Waals surface area contributed by atoms with Crippen LogP contribution in [0, 0.1) is 0 Å². The first kappa shape index (κ1) is 7.40. The van der Waals surface area contributed by atoms with Gasteiger partial charge in [0.1, 0.15) is 11.2 Å². The van der Waals surface area contributed by atoms with E-state index in [-0.39, 0.29) is 0 Å². The lowest BCUT2D eigenvalue weighted by Crippen LogP contribution is -2.01. The summed E-state index contributed by atoms with van der Waals surface area (Å²) in [5.41, 5.74) is 2.27. The van der Waals surface area contributed by atoms with E-state index in [9.17, 15) is 0 Å². The van der Waals surface area contributed by atoms with Crippen LogP contribution in [0.5, 0.6) is 0 Å². The van der Waals surface area contributed by atoms with E-state index >= 15 is 0 Å². The van der Waals surface area contributed by atoms with Gasteiger partial charge in [0.2, 0.25) is 0 Å². The van der Waals surface area contributed by atoms with Crippen LogP contribution in [0.2, 0.25) is 0 Å². The Morgan fingerprint density at radius 3 is 2.83 bits per heavy atom. The van der Waals surface area contributed by atoms with Crippen LogP contribution in [0.3, 0.4) is 0 Å². The van der Waals surface area contributed by atoms with E-state index in [4.69, 9.17) is 0 Å². The third-order valence-corrected chi connectivity index (χ3v) is 2.14. The molecule has 0 amide bonds. The molecule has 0 atom stereocenters. The molecular weight excluding hydrogens is 150 g/mol. The molecule has 0 aliphatic rings. The van der Waals surface area contributed by atoms with Gasteiger partial charge >= 0.3 is 0 Å². The highest BCUT2D eigenvalue weighted by molar-refractivity contribution is 5.72. The molecule has 0 unspecified atom stereocenters. The Morgan fingerprint density at radius 2 is 2.17 bits per heavy atom. The van der Waals surface area contributed by atoms with E-state index in [0.29, 0.717) is 6.04 Å². The number of aromatic nitrogens is 3. The van der Waals surface area contributed by atoms with E-state index in [1.165, 1.54) is 5.65 Å². The number of hydrogen-bond donors (Lipinski definition) is 0. The van der Waals surface area contributed by atoms with Crippen LogP contribution in [0.4, 0.5) is 0 Å². The summed E-state index contributed by atoms with van der Waals surface area (Å²) in [6.45, 7) is 4.32. The molecule has 12 heavy (non-hydrogen) atoms. The van der Waals surface area contributed by atoms with E-state index in [0.717, 1.165) is 5.52 Å². The summed E-state index contributed by atoms with van der Waals surface area (Å²) >= 11 is 0. The molecule has 2 rings (SSSR count). The first-order valence-corrected chi connectivity index (χ1v) is 4.18. The zero-order valence-electron chi connectivity index (χ0n) is 7.65. The van der Waals surface area contributed by atoms with E-state index in [1.54, 1.807) is 0 Å². The summed E-state index contributed by atoms with van der Waals surface area (Å²) < 4.78 is 4.28. The van der Waals surface area contributed by atoms with Crippen LogP contribution in [-0.4, -0.2) is 14.1 Å². The molecule has 0 bridgehead atoms. The molecule has 0 fully saturated rings. The Labute approximate surface area is 71.6 Å². The lowest BCUT2D eigenvalue weighted by molar-refractivity contribution is 0.605. The minimum atomic E-state index is 0.476. The van der Waals surface area contributed by atoms with Crippen molar-refractivity contribution in [3.8, 4) is 0 Å². The van der Waals surface area contributed by atoms with E-state index in [1.807, 2.05) is 25.6 Å². The minimum Gasteiger partial charge on any atom is -0.336 e. The van der Waals surface area contributed by atoms with Crippen molar-refractivity contribution in [1.82, 2.24) is 14.1 Å². The van der Waals surface area contributed by atoms with Crippen LogP contribution in [0.15, 0.2) is 18.6 Å². The molecule has 3 nitrogen and oxygen atoms in total. The van der Waals surface area contributed by atoms with Crippen LogP contribution in [-0.2, 0) is 7.05 Å². The summed E-state index contributed by atoms with van der Waals surface area (Å²) in [5.74, 6) is 0. The van der Waals surface area contributed by atoms with Crippen molar-refractivity contribution in [2.24, 2.45) is 7.05 Å². The van der Waals surface area contributed by atoms with Crippen molar-refractivity contribution in [2.45, 2.75) is 19.9 Å². The van der Waals surface area contributed by atoms with Crippen molar-refractivity contribution in [2.75, 3.05) is 0 Å². The lowest BCUT2D eigenvalue weighted by atomic mass is 10.4. The number of hydrogen-bond acceptors (Lipinski definition) is 1. The molecule has 2 aromatic heterocycles. The predicted octanol–water partition coefficient (Wildman–Crippen LogP) is 1.96. The molecule has 0 aliphatic carbocycles. The monoisotopic (exact) mass is 163 g/mol. The van der Waals surface area contributed by atoms with Gasteiger partial charge in [0.05, 0.1) is 6.33 Å². The van der Waals surface area contributed by atoms with Crippen LogP contribution in [0.25, 0.3) is 11.2 Å². The summed E-state index contributed by atoms with van der Waals surface area (Å²) in [6, 6.07) is 2.51. The minimum absolute atomic E-state index is 0.476. The Bertz CT molecular complexity index is 395. The number of imidazole rings is 1. The molecule has 3 heteroatoms. The molecular formula is C9H13N3. The SMILES string of the molecule is CC(C)n1cnc2ccn(C)c21. The average Bonchev–Trinajstić information content (AvgIpc) is 2.53. The van der Waals surface area contributed by atoms with Crippen LogP contribution in [0.1, 0.15) is 19.9 Å². The molecule has 0 spiro atoms. The fourth-order valence-electron chi connectivity index (χ4n) is 1.48. The summed E-state index contributed by atoms with van der Waals surface area (Å²) in [5, 5.41) is 0. The van der Waals surface area contributed by atoms with Gasteiger partial charge in [0, 0.05) is 19.3 Å². The molecule has 0 N–H and O–H groups in total. The molecule has 64 valence electrons. The highest BCUT2D eigenvalue weighted by Gasteiger charge is 2.07. The van der Waals surface area contributed by atoms with Crippen LogP contribution < -0.4 is 0 Å². The smallest absolute Gasteiger partial charge is 0.140 e. The van der Waals surface area contributed by atoms with Crippen molar-refractivity contribution in [1.29, 1.82) is 0 Å². The number of rotatable bonds is 1.